The number of rotatable bonds is 9. The van der Waals surface area contributed by atoms with E-state index in [-0.39, 0.29) is 24.2 Å². The zero-order chi connectivity index (χ0) is 18.4. The van der Waals surface area contributed by atoms with Crippen molar-refractivity contribution in [2.45, 2.75) is 26.3 Å². The summed E-state index contributed by atoms with van der Waals surface area (Å²) in [5, 5.41) is 2.79. The lowest BCUT2D eigenvalue weighted by molar-refractivity contribution is -0.129. The molecule has 1 aromatic heterocycles. The van der Waals surface area contributed by atoms with Crippen molar-refractivity contribution in [3.8, 4) is 0 Å². The van der Waals surface area contributed by atoms with Gasteiger partial charge in [-0.3, -0.25) is 9.59 Å². The molecular formula is C16H25N3O5S. The molecule has 25 heavy (non-hydrogen) atoms. The maximum Gasteiger partial charge on any atom is 0.225 e. The Balaban J connectivity index is 1.73. The highest BCUT2D eigenvalue weighted by Gasteiger charge is 2.34. The van der Waals surface area contributed by atoms with Gasteiger partial charge in [-0.15, -0.1) is 0 Å². The molecule has 2 rings (SSSR count). The van der Waals surface area contributed by atoms with E-state index >= 15 is 0 Å². The molecule has 2 heterocycles. The summed E-state index contributed by atoms with van der Waals surface area (Å²) >= 11 is 0. The van der Waals surface area contributed by atoms with Gasteiger partial charge in [0.05, 0.1) is 25.0 Å². The number of likely N-dealkylation sites (tertiary alicyclic amines) is 1. The van der Waals surface area contributed by atoms with Crippen LogP contribution in [0.1, 0.15) is 25.5 Å². The molecule has 1 N–H and O–H groups in total. The van der Waals surface area contributed by atoms with Crippen LogP contribution in [0.5, 0.6) is 0 Å². The average Bonchev–Trinajstić information content (AvgIpc) is 3.16. The van der Waals surface area contributed by atoms with E-state index in [2.05, 4.69) is 5.32 Å². The van der Waals surface area contributed by atoms with E-state index in [1.54, 1.807) is 30.2 Å². The van der Waals surface area contributed by atoms with Gasteiger partial charge in [-0.05, 0) is 18.6 Å². The number of nitrogens with one attached hydrogen (secondary N) is 1. The molecule has 2 amide bonds. The van der Waals surface area contributed by atoms with Gasteiger partial charge in [-0.25, -0.2) is 12.7 Å². The summed E-state index contributed by atoms with van der Waals surface area (Å²) in [6, 6.07) is 3.55. The normalized spacial score (nSPS) is 18.1. The highest BCUT2D eigenvalue weighted by molar-refractivity contribution is 7.88. The van der Waals surface area contributed by atoms with Crippen LogP contribution in [-0.4, -0.2) is 61.9 Å². The van der Waals surface area contributed by atoms with E-state index in [4.69, 9.17) is 4.42 Å². The Bertz CT molecular complexity index is 687. The molecule has 8 nitrogen and oxygen atoms in total. The predicted octanol–water partition coefficient (Wildman–Crippen LogP) is 0.416. The molecule has 0 bridgehead atoms. The van der Waals surface area contributed by atoms with Crippen molar-refractivity contribution >= 4 is 21.8 Å². The molecule has 1 atom stereocenters. The molecule has 1 saturated heterocycles. The maximum absolute atomic E-state index is 12.2. The van der Waals surface area contributed by atoms with E-state index in [0.717, 1.165) is 0 Å². The van der Waals surface area contributed by atoms with Crippen molar-refractivity contribution < 1.29 is 22.4 Å². The molecule has 0 aliphatic carbocycles. The van der Waals surface area contributed by atoms with Crippen molar-refractivity contribution in [1.29, 1.82) is 0 Å². The van der Waals surface area contributed by atoms with Crippen molar-refractivity contribution in [2.24, 2.45) is 5.92 Å². The molecule has 9 heteroatoms. The number of hydrogen-bond donors (Lipinski definition) is 1. The number of sulfonamides is 1. The van der Waals surface area contributed by atoms with Crippen molar-refractivity contribution in [1.82, 2.24) is 14.5 Å². The van der Waals surface area contributed by atoms with E-state index in [9.17, 15) is 18.0 Å². The van der Waals surface area contributed by atoms with Gasteiger partial charge in [0.1, 0.15) is 5.76 Å². The van der Waals surface area contributed by atoms with Crippen LogP contribution < -0.4 is 5.32 Å². The Labute approximate surface area is 148 Å². The molecule has 1 aromatic rings. The molecule has 1 aliphatic rings. The van der Waals surface area contributed by atoms with Crippen LogP contribution in [0.2, 0.25) is 0 Å². The molecule has 0 saturated carbocycles. The molecule has 1 fully saturated rings. The van der Waals surface area contributed by atoms with Gasteiger partial charge in [0.15, 0.2) is 0 Å². The Morgan fingerprint density at radius 1 is 1.48 bits per heavy atom. The fourth-order valence-corrected chi connectivity index (χ4v) is 3.79. The molecule has 0 aromatic carbocycles. The van der Waals surface area contributed by atoms with Gasteiger partial charge in [0.2, 0.25) is 21.8 Å². The van der Waals surface area contributed by atoms with Crippen LogP contribution in [-0.2, 0) is 26.2 Å². The first-order valence-corrected chi connectivity index (χ1v) is 10.2. The number of nitrogens with zero attached hydrogens (tertiary/aromatic N) is 2. The minimum Gasteiger partial charge on any atom is -0.467 e. The maximum atomic E-state index is 12.2. The highest BCUT2D eigenvalue weighted by Crippen LogP contribution is 2.20. The zero-order valence-corrected chi connectivity index (χ0v) is 15.4. The van der Waals surface area contributed by atoms with Gasteiger partial charge in [0, 0.05) is 32.6 Å². The minimum absolute atomic E-state index is 0.0641. The first-order valence-electron chi connectivity index (χ1n) is 8.34. The van der Waals surface area contributed by atoms with Crippen molar-refractivity contribution in [3.63, 3.8) is 0 Å². The summed E-state index contributed by atoms with van der Waals surface area (Å²) in [6.45, 7) is 3.67. The summed E-state index contributed by atoms with van der Waals surface area (Å²) in [5.41, 5.74) is 0. The SMILES string of the molecule is CCN(CCCNC(=O)C1CC(=O)N(Cc2ccco2)C1)S(C)(=O)=O. The molecular weight excluding hydrogens is 346 g/mol. The third-order valence-electron chi connectivity index (χ3n) is 4.22. The van der Waals surface area contributed by atoms with Gasteiger partial charge >= 0.3 is 0 Å². The zero-order valence-electron chi connectivity index (χ0n) is 14.6. The van der Waals surface area contributed by atoms with Crippen LogP contribution in [0.15, 0.2) is 22.8 Å². The Kier molecular flexibility index (Phi) is 6.60. The van der Waals surface area contributed by atoms with Crippen LogP contribution >= 0.6 is 0 Å². The number of furan rings is 1. The van der Waals surface area contributed by atoms with E-state index in [1.807, 2.05) is 0 Å². The molecule has 140 valence electrons. The lowest BCUT2D eigenvalue weighted by atomic mass is 10.1. The summed E-state index contributed by atoms with van der Waals surface area (Å²) in [6.07, 6.45) is 3.45. The fourth-order valence-electron chi connectivity index (χ4n) is 2.86. The lowest BCUT2D eigenvalue weighted by Gasteiger charge is -2.18. The quantitative estimate of drug-likeness (QED) is 0.634. The van der Waals surface area contributed by atoms with Gasteiger partial charge < -0.3 is 14.6 Å². The van der Waals surface area contributed by atoms with Crippen LogP contribution in [0.3, 0.4) is 0 Å². The summed E-state index contributed by atoms with van der Waals surface area (Å²) in [7, 11) is -3.21. The third kappa shape index (κ3) is 5.57. The second-order valence-corrected chi connectivity index (χ2v) is 8.14. The summed E-state index contributed by atoms with van der Waals surface area (Å²) in [4.78, 5) is 25.8. The third-order valence-corrected chi connectivity index (χ3v) is 5.60. The molecule has 0 spiro atoms. The van der Waals surface area contributed by atoms with E-state index in [1.165, 1.54) is 10.6 Å². The monoisotopic (exact) mass is 371 g/mol. The van der Waals surface area contributed by atoms with Crippen LogP contribution in [0.4, 0.5) is 0 Å². The molecule has 1 aliphatic heterocycles. The van der Waals surface area contributed by atoms with Crippen LogP contribution in [0.25, 0.3) is 0 Å². The van der Waals surface area contributed by atoms with E-state index in [0.29, 0.717) is 44.9 Å². The first-order chi connectivity index (χ1) is 11.8. The molecule has 1 unspecified atom stereocenters. The largest absolute Gasteiger partial charge is 0.467 e. The van der Waals surface area contributed by atoms with Crippen molar-refractivity contribution in [3.05, 3.63) is 24.2 Å². The predicted molar refractivity (Wildman–Crippen MR) is 91.9 cm³/mol. The lowest BCUT2D eigenvalue weighted by Crippen LogP contribution is -2.36. The van der Waals surface area contributed by atoms with Gasteiger partial charge in [0.25, 0.3) is 0 Å². The van der Waals surface area contributed by atoms with E-state index < -0.39 is 10.0 Å². The number of hydrogen-bond acceptors (Lipinski definition) is 5. The minimum atomic E-state index is -3.21. The Morgan fingerprint density at radius 3 is 2.84 bits per heavy atom. The van der Waals surface area contributed by atoms with Gasteiger partial charge in [-0.2, -0.15) is 0 Å². The average molecular weight is 371 g/mol. The van der Waals surface area contributed by atoms with Gasteiger partial charge in [-0.1, -0.05) is 6.92 Å². The van der Waals surface area contributed by atoms with Crippen molar-refractivity contribution in [2.75, 3.05) is 32.4 Å². The molecule has 0 radical (unpaired) electrons. The second-order valence-electron chi connectivity index (χ2n) is 6.15. The second kappa shape index (κ2) is 8.48. The number of carbonyl (C=O) groups is 2. The standard InChI is InChI=1S/C16H25N3O5S/c1-3-19(25(2,22)23)8-5-7-17-16(21)13-10-15(20)18(11-13)12-14-6-4-9-24-14/h4,6,9,13H,3,5,7-8,10-12H2,1-2H3,(H,17,21). The number of amides is 2. The first kappa shape index (κ1) is 19.5. The Morgan fingerprint density at radius 2 is 2.24 bits per heavy atom. The van der Waals surface area contributed by atoms with Crippen LogP contribution in [0, 0.1) is 5.92 Å². The summed E-state index contributed by atoms with van der Waals surface area (Å²) in [5.74, 6) is 0.0815. The smallest absolute Gasteiger partial charge is 0.225 e. The summed E-state index contributed by atoms with van der Waals surface area (Å²) < 4.78 is 29.6. The Hall–Kier alpha value is -1.87. The number of carbonyl (C=O) groups excluding carboxylic acids is 2. The highest BCUT2D eigenvalue weighted by atomic mass is 32.2. The topological polar surface area (TPSA) is 99.9 Å². The fraction of sp³-hybridized carbons (Fsp3) is 0.625.